The van der Waals surface area contributed by atoms with Crippen molar-refractivity contribution in [1.29, 1.82) is 0 Å². The van der Waals surface area contributed by atoms with Gasteiger partial charge < -0.3 is 9.47 Å². The molecule has 0 saturated carbocycles. The minimum atomic E-state index is -0.799. The summed E-state index contributed by atoms with van der Waals surface area (Å²) < 4.78 is 11.1. The Kier molecular flexibility index (Phi) is 6.40. The summed E-state index contributed by atoms with van der Waals surface area (Å²) in [6.07, 6.45) is 3.42. The Labute approximate surface area is 191 Å². The molecule has 168 valence electrons. The first-order valence-corrected chi connectivity index (χ1v) is 10.7. The van der Waals surface area contributed by atoms with Gasteiger partial charge in [0.25, 0.3) is 11.8 Å². The van der Waals surface area contributed by atoms with Crippen molar-refractivity contribution in [2.24, 2.45) is 0 Å². The number of hydrogen-bond acceptors (Lipinski definition) is 5. The summed E-state index contributed by atoms with van der Waals surface area (Å²) in [5.41, 5.74) is 0.763. The normalized spacial score (nSPS) is 15.2. The van der Waals surface area contributed by atoms with Crippen molar-refractivity contribution < 1.29 is 23.9 Å². The summed E-state index contributed by atoms with van der Waals surface area (Å²) in [5.74, 6) is -0.308. The molecule has 3 aromatic carbocycles. The fourth-order valence-electron chi connectivity index (χ4n) is 3.66. The number of rotatable bonds is 7. The first-order valence-electron chi connectivity index (χ1n) is 10.7. The molecular weight excluding hydrogens is 420 g/mol. The second-order valence-electron chi connectivity index (χ2n) is 7.56. The topological polar surface area (TPSA) is 84.9 Å². The number of barbiturate groups is 1. The molecule has 0 unspecified atom stereocenters. The zero-order valence-electron chi connectivity index (χ0n) is 18.5. The van der Waals surface area contributed by atoms with Crippen LogP contribution in [0.15, 0.2) is 66.2 Å². The first kappa shape index (κ1) is 22.1. The van der Waals surface area contributed by atoms with Crippen LogP contribution in [0.5, 0.6) is 11.5 Å². The maximum atomic E-state index is 13.3. The van der Waals surface area contributed by atoms with Gasteiger partial charge in [0.1, 0.15) is 17.1 Å². The van der Waals surface area contributed by atoms with Crippen molar-refractivity contribution in [3.63, 3.8) is 0 Å². The number of benzene rings is 3. The summed E-state index contributed by atoms with van der Waals surface area (Å²) in [5, 5.41) is 4.01. The molecule has 0 aromatic heterocycles. The Morgan fingerprint density at radius 1 is 0.970 bits per heavy atom. The lowest BCUT2D eigenvalue weighted by molar-refractivity contribution is -0.122. The average molecular weight is 444 g/mol. The van der Waals surface area contributed by atoms with Gasteiger partial charge in [-0.25, -0.2) is 9.69 Å². The molecule has 1 aliphatic rings. The van der Waals surface area contributed by atoms with Gasteiger partial charge in [-0.05, 0) is 53.6 Å². The standard InChI is InChI=1S/C26H24N2O5/c1-3-4-15-33-19-12-10-18(11-13-19)28-25(30)22(24(29)27-26(28)31)16-21-20-8-6-5-7-17(20)9-14-23(21)32-2/h5-14,16H,3-4,15H2,1-2H3,(H,27,29,31)/b22-16-. The summed E-state index contributed by atoms with van der Waals surface area (Å²) in [6, 6.07) is 17.1. The number of hydrogen-bond donors (Lipinski definition) is 1. The fourth-order valence-corrected chi connectivity index (χ4v) is 3.66. The quantitative estimate of drug-likeness (QED) is 0.325. The molecule has 1 saturated heterocycles. The lowest BCUT2D eigenvalue weighted by Crippen LogP contribution is -2.54. The summed E-state index contributed by atoms with van der Waals surface area (Å²) in [4.78, 5) is 39.4. The number of unbranched alkanes of at least 4 members (excludes halogenated alkanes) is 1. The number of fused-ring (bicyclic) bond motifs is 1. The van der Waals surface area contributed by atoms with Crippen LogP contribution in [0.3, 0.4) is 0 Å². The van der Waals surface area contributed by atoms with Crippen molar-refractivity contribution in [3.8, 4) is 11.5 Å². The molecule has 1 aliphatic heterocycles. The minimum absolute atomic E-state index is 0.160. The zero-order valence-corrected chi connectivity index (χ0v) is 18.5. The van der Waals surface area contributed by atoms with E-state index in [0.717, 1.165) is 28.5 Å². The van der Waals surface area contributed by atoms with Crippen LogP contribution in [0.2, 0.25) is 0 Å². The van der Waals surface area contributed by atoms with E-state index in [1.807, 2.05) is 30.3 Å². The van der Waals surface area contributed by atoms with Gasteiger partial charge in [-0.1, -0.05) is 43.7 Å². The van der Waals surface area contributed by atoms with Crippen molar-refractivity contribution in [1.82, 2.24) is 5.32 Å². The molecule has 0 aliphatic carbocycles. The number of anilines is 1. The van der Waals surface area contributed by atoms with Gasteiger partial charge in [-0.2, -0.15) is 0 Å². The number of nitrogens with zero attached hydrogens (tertiary/aromatic N) is 1. The number of methoxy groups -OCH3 is 1. The predicted molar refractivity (Wildman–Crippen MR) is 126 cm³/mol. The molecule has 0 radical (unpaired) electrons. The lowest BCUT2D eigenvalue weighted by Gasteiger charge is -2.26. The van der Waals surface area contributed by atoms with Crippen LogP contribution in [0.25, 0.3) is 16.8 Å². The molecular formula is C26H24N2O5. The lowest BCUT2D eigenvalue weighted by atomic mass is 9.99. The van der Waals surface area contributed by atoms with E-state index in [1.54, 1.807) is 30.3 Å². The molecule has 1 heterocycles. The van der Waals surface area contributed by atoms with Gasteiger partial charge in [0.05, 0.1) is 19.4 Å². The van der Waals surface area contributed by atoms with Gasteiger partial charge >= 0.3 is 6.03 Å². The molecule has 4 rings (SSSR count). The second-order valence-corrected chi connectivity index (χ2v) is 7.56. The van der Waals surface area contributed by atoms with Crippen LogP contribution >= 0.6 is 0 Å². The van der Waals surface area contributed by atoms with Crippen molar-refractivity contribution in [3.05, 3.63) is 71.8 Å². The molecule has 3 aromatic rings. The van der Waals surface area contributed by atoms with Crippen LogP contribution in [0.1, 0.15) is 25.3 Å². The van der Waals surface area contributed by atoms with E-state index in [9.17, 15) is 14.4 Å². The molecule has 7 nitrogen and oxygen atoms in total. The molecule has 7 heteroatoms. The highest BCUT2D eigenvalue weighted by atomic mass is 16.5. The van der Waals surface area contributed by atoms with Gasteiger partial charge in [-0.3, -0.25) is 14.9 Å². The fraction of sp³-hybridized carbons (Fsp3) is 0.192. The maximum absolute atomic E-state index is 13.3. The number of urea groups is 1. The van der Waals surface area contributed by atoms with Gasteiger partial charge in [0.2, 0.25) is 0 Å². The van der Waals surface area contributed by atoms with Crippen LogP contribution in [-0.2, 0) is 9.59 Å². The van der Waals surface area contributed by atoms with Crippen molar-refractivity contribution >= 4 is 40.4 Å². The van der Waals surface area contributed by atoms with Crippen LogP contribution < -0.4 is 19.7 Å². The molecule has 4 amide bonds. The van der Waals surface area contributed by atoms with Gasteiger partial charge in [0, 0.05) is 5.56 Å². The number of carbonyl (C=O) groups is 3. The number of amides is 4. The number of ether oxygens (including phenoxy) is 2. The largest absolute Gasteiger partial charge is 0.496 e. The van der Waals surface area contributed by atoms with E-state index in [4.69, 9.17) is 9.47 Å². The molecule has 1 N–H and O–H groups in total. The molecule has 0 atom stereocenters. The number of nitrogens with one attached hydrogen (secondary N) is 1. The third-order valence-corrected chi connectivity index (χ3v) is 5.40. The number of imide groups is 2. The zero-order chi connectivity index (χ0) is 23.4. The maximum Gasteiger partial charge on any atom is 0.335 e. The van der Waals surface area contributed by atoms with Crippen LogP contribution in [0, 0.1) is 0 Å². The van der Waals surface area contributed by atoms with Crippen molar-refractivity contribution in [2.75, 3.05) is 18.6 Å². The second kappa shape index (κ2) is 9.56. The van der Waals surface area contributed by atoms with E-state index >= 15 is 0 Å². The summed E-state index contributed by atoms with van der Waals surface area (Å²) in [6.45, 7) is 2.67. The molecule has 0 bridgehead atoms. The van der Waals surface area contributed by atoms with Crippen LogP contribution in [-0.4, -0.2) is 31.6 Å². The van der Waals surface area contributed by atoms with E-state index < -0.39 is 17.8 Å². The third kappa shape index (κ3) is 4.43. The van der Waals surface area contributed by atoms with Crippen molar-refractivity contribution in [2.45, 2.75) is 19.8 Å². The van der Waals surface area contributed by atoms with Gasteiger partial charge in [0.15, 0.2) is 0 Å². The molecule has 1 fully saturated rings. The van der Waals surface area contributed by atoms with Gasteiger partial charge in [-0.15, -0.1) is 0 Å². The Hall–Kier alpha value is -4.13. The smallest absolute Gasteiger partial charge is 0.335 e. The highest BCUT2D eigenvalue weighted by Gasteiger charge is 2.37. The Bertz CT molecular complexity index is 1250. The molecule has 0 spiro atoms. The monoisotopic (exact) mass is 444 g/mol. The molecule has 33 heavy (non-hydrogen) atoms. The summed E-state index contributed by atoms with van der Waals surface area (Å²) >= 11 is 0. The Morgan fingerprint density at radius 2 is 1.73 bits per heavy atom. The van der Waals surface area contributed by atoms with E-state index in [2.05, 4.69) is 12.2 Å². The van der Waals surface area contributed by atoms with E-state index in [-0.39, 0.29) is 5.57 Å². The number of carbonyl (C=O) groups excluding carboxylic acids is 3. The average Bonchev–Trinajstić information content (AvgIpc) is 2.82. The predicted octanol–water partition coefficient (Wildman–Crippen LogP) is 4.69. The third-order valence-electron chi connectivity index (χ3n) is 5.40. The van der Waals surface area contributed by atoms with E-state index in [1.165, 1.54) is 13.2 Å². The van der Waals surface area contributed by atoms with Crippen LogP contribution in [0.4, 0.5) is 10.5 Å². The summed E-state index contributed by atoms with van der Waals surface area (Å²) in [7, 11) is 1.52. The first-order chi connectivity index (χ1) is 16.0. The van der Waals surface area contributed by atoms with E-state index in [0.29, 0.717) is 29.4 Å². The minimum Gasteiger partial charge on any atom is -0.496 e. The Morgan fingerprint density at radius 3 is 2.45 bits per heavy atom. The Balaban J connectivity index is 1.71. The highest BCUT2D eigenvalue weighted by molar-refractivity contribution is 6.39. The highest BCUT2D eigenvalue weighted by Crippen LogP contribution is 2.31. The SMILES string of the molecule is CCCCOc1ccc(N2C(=O)NC(=O)/C(=C/c3c(OC)ccc4ccccc34)C2=O)cc1.